The van der Waals surface area contributed by atoms with Crippen LogP contribution in [0.4, 0.5) is 0 Å². The first-order valence-corrected chi connectivity index (χ1v) is 5.49. The Bertz CT molecular complexity index is 429. The summed E-state index contributed by atoms with van der Waals surface area (Å²) in [5.74, 6) is 0.161. The molecule has 1 unspecified atom stereocenters. The Labute approximate surface area is 92.9 Å². The van der Waals surface area contributed by atoms with E-state index in [1.165, 1.54) is 5.56 Å². The van der Waals surface area contributed by atoms with E-state index in [2.05, 4.69) is 0 Å². The van der Waals surface area contributed by atoms with Gasteiger partial charge in [-0.3, -0.25) is 4.79 Å². The van der Waals surface area contributed by atoms with Crippen molar-refractivity contribution < 1.29 is 6.17 Å². The summed E-state index contributed by atoms with van der Waals surface area (Å²) in [6.45, 7) is 5.79. The molecule has 0 radical (unpaired) electrons. The third-order valence-corrected chi connectivity index (χ3v) is 2.87. The second kappa shape index (κ2) is 3.48. The van der Waals surface area contributed by atoms with Crippen LogP contribution >= 0.6 is 0 Å². The molecule has 0 aromatic heterocycles. The zero-order valence-electron chi connectivity index (χ0n) is 10.6. The molecule has 2 rings (SSSR count). The predicted molar refractivity (Wildman–Crippen MR) is 62.3 cm³/mol. The molecule has 0 spiro atoms. The second-order valence-corrected chi connectivity index (χ2v) is 5.24. The highest BCUT2D eigenvalue weighted by atomic mass is 16.1. The lowest BCUT2D eigenvalue weighted by molar-refractivity contribution is 0.0858. The van der Waals surface area contributed by atoms with Gasteiger partial charge in [0, 0.05) is 12.3 Å². The first kappa shape index (κ1) is 9.14. The zero-order chi connectivity index (χ0) is 11.9. The average molecular weight is 203 g/mol. The van der Waals surface area contributed by atoms with Crippen molar-refractivity contribution in [3.63, 3.8) is 0 Å². The summed E-state index contributed by atoms with van der Waals surface area (Å²) in [5.41, 5.74) is 2.70. The molecule has 80 valence electrons. The Morgan fingerprint density at radius 1 is 1.33 bits per heavy atom. The van der Waals surface area contributed by atoms with E-state index in [0.29, 0.717) is 0 Å². The highest BCUT2D eigenvalue weighted by Crippen LogP contribution is 2.26. The van der Waals surface area contributed by atoms with Gasteiger partial charge in [-0.1, -0.05) is 32.9 Å². The molecule has 0 saturated heterocycles. The molecule has 0 aliphatic heterocycles. The number of Topliss-reactive ketones (excluding diaryl/α,β-unsaturated/α-hetero) is 1. The highest BCUT2D eigenvalue weighted by Gasteiger charge is 2.23. The molecule has 0 N–H and O–H groups in total. The molecule has 1 aliphatic carbocycles. The number of ketones is 1. The molecule has 1 aromatic carbocycles. The van der Waals surface area contributed by atoms with Crippen molar-refractivity contribution >= 4 is 5.78 Å². The number of benzene rings is 1. The Hall–Kier alpha value is -1.11. The van der Waals surface area contributed by atoms with E-state index in [-0.39, 0.29) is 17.6 Å². The number of hydrogen-bond acceptors (Lipinski definition) is 1. The van der Waals surface area contributed by atoms with E-state index in [9.17, 15) is 4.79 Å². The molecule has 0 saturated carbocycles. The van der Waals surface area contributed by atoms with Crippen LogP contribution in [0.1, 0.15) is 50.0 Å². The highest BCUT2D eigenvalue weighted by molar-refractivity contribution is 6.00. The molecule has 0 heterocycles. The molecule has 15 heavy (non-hydrogen) atoms. The van der Waals surface area contributed by atoms with Crippen LogP contribution in [0.2, 0.25) is 0 Å². The fourth-order valence-corrected chi connectivity index (χ4v) is 1.97. The van der Waals surface area contributed by atoms with Gasteiger partial charge in [0.2, 0.25) is 0 Å². The predicted octanol–water partition coefficient (Wildman–Crippen LogP) is 3.40. The maximum Gasteiger partial charge on any atom is 0.168 e. The smallest absolute Gasteiger partial charge is 0.168 e. The standard InChI is InChI=1S/C14H18O/c1-14(2,3)13(15)12-8-7-10-5-4-6-11(10)9-12/h7-9H,4-6H2,1-3H3/i6D. The van der Waals surface area contributed by atoms with Gasteiger partial charge in [-0.25, -0.2) is 0 Å². The molecule has 1 heteroatoms. The topological polar surface area (TPSA) is 17.1 Å². The Morgan fingerprint density at radius 2 is 2.07 bits per heavy atom. The average Bonchev–Trinajstić information content (AvgIpc) is 2.58. The van der Waals surface area contributed by atoms with Crippen LogP contribution in [-0.2, 0) is 12.8 Å². The SMILES string of the molecule is [2H]C1CCc2ccc(C(=O)C(C)(C)C)cc21. The third-order valence-electron chi connectivity index (χ3n) is 2.87. The fourth-order valence-electron chi connectivity index (χ4n) is 1.97. The third kappa shape index (κ3) is 1.97. The molecule has 1 atom stereocenters. The quantitative estimate of drug-likeness (QED) is 0.639. The zero-order valence-corrected chi connectivity index (χ0v) is 9.63. The number of fused-ring (bicyclic) bond motifs is 1. The van der Waals surface area contributed by atoms with E-state index < -0.39 is 0 Å². The van der Waals surface area contributed by atoms with Crippen molar-refractivity contribution in [1.82, 2.24) is 0 Å². The van der Waals surface area contributed by atoms with Crippen molar-refractivity contribution in [2.24, 2.45) is 5.41 Å². The van der Waals surface area contributed by atoms with Gasteiger partial charge in [0.1, 0.15) is 0 Å². The van der Waals surface area contributed by atoms with Gasteiger partial charge in [-0.15, -0.1) is 0 Å². The molecule has 1 nitrogen and oxygen atoms in total. The lowest BCUT2D eigenvalue weighted by atomic mass is 9.86. The summed E-state index contributed by atoms with van der Waals surface area (Å²) in [6.07, 6.45) is 1.73. The maximum absolute atomic E-state index is 12.1. The largest absolute Gasteiger partial charge is 0.294 e. The fraction of sp³-hybridized carbons (Fsp3) is 0.500. The number of carbonyl (C=O) groups is 1. The number of carbonyl (C=O) groups excluding carboxylic acids is 1. The minimum atomic E-state index is -0.343. The lowest BCUT2D eigenvalue weighted by Gasteiger charge is -2.17. The van der Waals surface area contributed by atoms with Crippen LogP contribution in [0, 0.1) is 5.41 Å². The summed E-state index contributed by atoms with van der Waals surface area (Å²) in [6, 6.07) is 5.85. The van der Waals surface area contributed by atoms with Gasteiger partial charge >= 0.3 is 0 Å². The molecular weight excluding hydrogens is 184 g/mol. The van der Waals surface area contributed by atoms with E-state index in [1.807, 2.05) is 39.0 Å². The molecule has 0 bridgehead atoms. The van der Waals surface area contributed by atoms with Crippen LogP contribution in [0.25, 0.3) is 0 Å². The first-order chi connectivity index (χ1) is 7.39. The van der Waals surface area contributed by atoms with Crippen LogP contribution in [0.15, 0.2) is 18.2 Å². The Morgan fingerprint density at radius 3 is 2.73 bits per heavy atom. The summed E-state index contributed by atoms with van der Waals surface area (Å²) in [4.78, 5) is 12.1. The van der Waals surface area contributed by atoms with Crippen molar-refractivity contribution in [1.29, 1.82) is 0 Å². The second-order valence-electron chi connectivity index (χ2n) is 5.24. The summed E-state index contributed by atoms with van der Waals surface area (Å²) >= 11 is 0. The van der Waals surface area contributed by atoms with Gasteiger partial charge in [-0.05, 0) is 36.4 Å². The summed E-state index contributed by atoms with van der Waals surface area (Å²) in [5, 5.41) is 0. The van der Waals surface area contributed by atoms with Gasteiger partial charge < -0.3 is 0 Å². The molecular formula is C14H18O. The van der Waals surface area contributed by atoms with Crippen LogP contribution in [-0.4, -0.2) is 5.78 Å². The van der Waals surface area contributed by atoms with Crippen molar-refractivity contribution in [2.45, 2.75) is 40.0 Å². The lowest BCUT2D eigenvalue weighted by Crippen LogP contribution is -2.20. The number of hydrogen-bond donors (Lipinski definition) is 0. The van der Waals surface area contributed by atoms with Gasteiger partial charge in [0.15, 0.2) is 5.78 Å². The minimum absolute atomic E-state index is 0.136. The van der Waals surface area contributed by atoms with E-state index >= 15 is 0 Å². The normalized spacial score (nSPS) is 21.0. The molecule has 0 fully saturated rings. The van der Waals surface area contributed by atoms with Gasteiger partial charge in [-0.2, -0.15) is 0 Å². The van der Waals surface area contributed by atoms with Crippen molar-refractivity contribution in [3.8, 4) is 0 Å². The number of aryl methyl sites for hydroxylation is 2. The molecule has 1 aromatic rings. The summed E-state index contributed by atoms with van der Waals surface area (Å²) < 4.78 is 7.90. The Balaban J connectivity index is 2.39. The van der Waals surface area contributed by atoms with E-state index in [0.717, 1.165) is 24.0 Å². The van der Waals surface area contributed by atoms with Crippen molar-refractivity contribution in [3.05, 3.63) is 34.9 Å². The molecule has 1 aliphatic rings. The molecule has 0 amide bonds. The van der Waals surface area contributed by atoms with Gasteiger partial charge in [0.25, 0.3) is 0 Å². The van der Waals surface area contributed by atoms with E-state index in [4.69, 9.17) is 1.37 Å². The monoisotopic (exact) mass is 203 g/mol. The van der Waals surface area contributed by atoms with E-state index in [1.54, 1.807) is 0 Å². The first-order valence-electron chi connectivity index (χ1n) is 6.07. The van der Waals surface area contributed by atoms with Crippen LogP contribution in [0.3, 0.4) is 0 Å². The van der Waals surface area contributed by atoms with Crippen LogP contribution < -0.4 is 0 Å². The Kier molecular flexibility index (Phi) is 2.12. The van der Waals surface area contributed by atoms with Gasteiger partial charge in [0.05, 0.1) is 0 Å². The minimum Gasteiger partial charge on any atom is -0.294 e. The van der Waals surface area contributed by atoms with Crippen LogP contribution in [0.5, 0.6) is 0 Å². The number of rotatable bonds is 1. The summed E-state index contributed by atoms with van der Waals surface area (Å²) in [7, 11) is 0. The van der Waals surface area contributed by atoms with Crippen molar-refractivity contribution in [2.75, 3.05) is 0 Å². The maximum atomic E-state index is 12.1.